The van der Waals surface area contributed by atoms with E-state index < -0.39 is 0 Å². The minimum atomic E-state index is -0.363. The fourth-order valence-electron chi connectivity index (χ4n) is 2.37. The molecule has 20 heavy (non-hydrogen) atoms. The number of anilines is 2. The van der Waals surface area contributed by atoms with Crippen molar-refractivity contribution in [2.45, 2.75) is 38.8 Å². The van der Waals surface area contributed by atoms with Crippen LogP contribution in [0.4, 0.5) is 11.4 Å². The van der Waals surface area contributed by atoms with Crippen molar-refractivity contribution >= 4 is 17.3 Å². The van der Waals surface area contributed by atoms with E-state index in [9.17, 15) is 4.79 Å². The molecule has 0 amide bonds. The molecule has 0 aliphatic carbocycles. The monoisotopic (exact) mass is 278 g/mol. The van der Waals surface area contributed by atoms with Crippen LogP contribution in [-0.2, 0) is 9.47 Å². The number of carbonyl (C=O) groups is 1. The summed E-state index contributed by atoms with van der Waals surface area (Å²) in [7, 11) is 0. The summed E-state index contributed by atoms with van der Waals surface area (Å²) < 4.78 is 10.7. The Morgan fingerprint density at radius 2 is 2.35 bits per heavy atom. The molecule has 110 valence electrons. The number of carbonyl (C=O) groups excluding carboxylic acids is 1. The number of rotatable bonds is 4. The molecule has 0 spiro atoms. The van der Waals surface area contributed by atoms with Crippen LogP contribution in [0.3, 0.4) is 0 Å². The van der Waals surface area contributed by atoms with Gasteiger partial charge in [-0.2, -0.15) is 0 Å². The lowest BCUT2D eigenvalue weighted by Crippen LogP contribution is -2.41. The number of esters is 1. The van der Waals surface area contributed by atoms with Crippen LogP contribution >= 0.6 is 0 Å². The summed E-state index contributed by atoms with van der Waals surface area (Å²) in [5.41, 5.74) is 7.42. The van der Waals surface area contributed by atoms with Gasteiger partial charge in [0.1, 0.15) is 0 Å². The van der Waals surface area contributed by atoms with Gasteiger partial charge in [0.25, 0.3) is 0 Å². The molecule has 0 radical (unpaired) electrons. The zero-order valence-corrected chi connectivity index (χ0v) is 12.2. The minimum Gasteiger partial charge on any atom is -0.462 e. The van der Waals surface area contributed by atoms with Crippen LogP contribution in [0.5, 0.6) is 0 Å². The van der Waals surface area contributed by atoms with E-state index in [0.29, 0.717) is 30.2 Å². The molecule has 1 saturated heterocycles. The van der Waals surface area contributed by atoms with E-state index in [4.69, 9.17) is 15.2 Å². The topological polar surface area (TPSA) is 73.6 Å². The summed E-state index contributed by atoms with van der Waals surface area (Å²) in [5, 5.41) is 3.39. The van der Waals surface area contributed by atoms with Crippen LogP contribution in [0.15, 0.2) is 18.2 Å². The fraction of sp³-hybridized carbons (Fsp3) is 0.533. The van der Waals surface area contributed by atoms with E-state index in [-0.39, 0.29) is 17.6 Å². The number of ether oxygens (including phenoxy) is 2. The molecule has 5 nitrogen and oxygen atoms in total. The van der Waals surface area contributed by atoms with Gasteiger partial charge in [0.15, 0.2) is 0 Å². The van der Waals surface area contributed by atoms with Crippen LogP contribution in [0.1, 0.15) is 37.6 Å². The first-order chi connectivity index (χ1) is 9.48. The number of nitrogens with one attached hydrogen (secondary N) is 1. The van der Waals surface area contributed by atoms with Gasteiger partial charge in [0.2, 0.25) is 0 Å². The highest BCUT2D eigenvalue weighted by atomic mass is 16.5. The lowest BCUT2D eigenvalue weighted by molar-refractivity contribution is 0.0527. The number of para-hydroxylation sites is 1. The first-order valence-electron chi connectivity index (χ1n) is 6.93. The van der Waals surface area contributed by atoms with Crippen molar-refractivity contribution in [1.29, 1.82) is 0 Å². The first kappa shape index (κ1) is 14.7. The van der Waals surface area contributed by atoms with Gasteiger partial charge in [0, 0.05) is 6.61 Å². The van der Waals surface area contributed by atoms with Gasteiger partial charge < -0.3 is 20.5 Å². The van der Waals surface area contributed by atoms with Crippen molar-refractivity contribution in [3.05, 3.63) is 23.8 Å². The molecule has 2 rings (SSSR count). The highest BCUT2D eigenvalue weighted by Crippen LogP contribution is 2.34. The molecular formula is C15H22N2O3. The smallest absolute Gasteiger partial charge is 0.340 e. The lowest BCUT2D eigenvalue weighted by atomic mass is 9.93. The standard InChI is InChI=1S/C15H22N2O3/c1-4-19-14(18)11-6-5-7-12(16)13(11)17-15(3)8-9-20-10(15)2/h5-7,10,17H,4,8-9,16H2,1-3H3. The lowest BCUT2D eigenvalue weighted by Gasteiger charge is -2.31. The molecule has 1 fully saturated rings. The van der Waals surface area contributed by atoms with Crippen molar-refractivity contribution in [2.75, 3.05) is 24.3 Å². The molecule has 0 aromatic heterocycles. The molecule has 2 atom stereocenters. The third-order valence-corrected chi connectivity index (χ3v) is 3.89. The SMILES string of the molecule is CCOC(=O)c1cccc(N)c1NC1(C)CCOC1C. The Hall–Kier alpha value is -1.75. The van der Waals surface area contributed by atoms with Gasteiger partial charge >= 0.3 is 5.97 Å². The molecular weight excluding hydrogens is 256 g/mol. The molecule has 5 heteroatoms. The van der Waals surface area contributed by atoms with Gasteiger partial charge in [-0.1, -0.05) is 6.07 Å². The quantitative estimate of drug-likeness (QED) is 0.653. The highest BCUT2D eigenvalue weighted by Gasteiger charge is 2.38. The maximum Gasteiger partial charge on any atom is 0.340 e. The van der Waals surface area contributed by atoms with E-state index in [1.165, 1.54) is 0 Å². The van der Waals surface area contributed by atoms with E-state index in [1.54, 1.807) is 25.1 Å². The Balaban J connectivity index is 2.33. The molecule has 1 aliphatic rings. The van der Waals surface area contributed by atoms with Crippen molar-refractivity contribution in [1.82, 2.24) is 0 Å². The third-order valence-electron chi connectivity index (χ3n) is 3.89. The van der Waals surface area contributed by atoms with E-state index in [0.717, 1.165) is 6.42 Å². The van der Waals surface area contributed by atoms with Gasteiger partial charge in [-0.15, -0.1) is 0 Å². The van der Waals surface area contributed by atoms with Crippen LogP contribution in [0, 0.1) is 0 Å². The summed E-state index contributed by atoms with van der Waals surface area (Å²) in [5.74, 6) is -0.363. The van der Waals surface area contributed by atoms with E-state index in [1.807, 2.05) is 6.92 Å². The molecule has 0 saturated carbocycles. The number of benzene rings is 1. The molecule has 2 unspecified atom stereocenters. The minimum absolute atomic E-state index is 0.0529. The normalized spacial score (nSPS) is 25.4. The van der Waals surface area contributed by atoms with Crippen LogP contribution in [0.2, 0.25) is 0 Å². The maximum absolute atomic E-state index is 12.0. The molecule has 1 aromatic rings. The Bertz CT molecular complexity index is 504. The summed E-state index contributed by atoms with van der Waals surface area (Å²) in [6.45, 7) is 6.91. The van der Waals surface area contributed by atoms with Crippen LogP contribution in [-0.4, -0.2) is 30.8 Å². The summed E-state index contributed by atoms with van der Waals surface area (Å²) >= 11 is 0. The van der Waals surface area contributed by atoms with Gasteiger partial charge in [0.05, 0.1) is 35.2 Å². The molecule has 1 heterocycles. The highest BCUT2D eigenvalue weighted by molar-refractivity contribution is 5.99. The summed E-state index contributed by atoms with van der Waals surface area (Å²) in [4.78, 5) is 12.0. The second-order valence-electron chi connectivity index (χ2n) is 5.30. The molecule has 0 bridgehead atoms. The summed E-state index contributed by atoms with van der Waals surface area (Å²) in [6, 6.07) is 5.25. The predicted molar refractivity (Wildman–Crippen MR) is 78.9 cm³/mol. The average Bonchev–Trinajstić information content (AvgIpc) is 2.72. The van der Waals surface area contributed by atoms with Crippen LogP contribution < -0.4 is 11.1 Å². The molecule has 3 N–H and O–H groups in total. The van der Waals surface area contributed by atoms with Crippen LogP contribution in [0.25, 0.3) is 0 Å². The number of hydrogen-bond donors (Lipinski definition) is 2. The number of hydrogen-bond acceptors (Lipinski definition) is 5. The van der Waals surface area contributed by atoms with Crippen molar-refractivity contribution in [3.8, 4) is 0 Å². The summed E-state index contributed by atoms with van der Waals surface area (Å²) in [6.07, 6.45) is 0.919. The first-order valence-corrected chi connectivity index (χ1v) is 6.93. The van der Waals surface area contributed by atoms with Crippen molar-refractivity contribution < 1.29 is 14.3 Å². The third kappa shape index (κ3) is 2.72. The Kier molecular flexibility index (Phi) is 4.18. The second-order valence-corrected chi connectivity index (χ2v) is 5.30. The number of nitrogen functional groups attached to an aromatic ring is 1. The molecule has 1 aromatic carbocycles. The largest absolute Gasteiger partial charge is 0.462 e. The number of nitrogens with two attached hydrogens (primary N) is 1. The Labute approximate surface area is 119 Å². The van der Waals surface area contributed by atoms with Gasteiger partial charge in [-0.3, -0.25) is 0 Å². The van der Waals surface area contributed by atoms with Crippen molar-refractivity contribution in [2.24, 2.45) is 0 Å². The molecule has 1 aliphatic heterocycles. The maximum atomic E-state index is 12.0. The Morgan fingerprint density at radius 1 is 1.60 bits per heavy atom. The second kappa shape index (κ2) is 5.71. The van der Waals surface area contributed by atoms with E-state index >= 15 is 0 Å². The fourth-order valence-corrected chi connectivity index (χ4v) is 2.37. The zero-order chi connectivity index (χ0) is 14.8. The predicted octanol–water partition coefficient (Wildman–Crippen LogP) is 2.42. The average molecular weight is 278 g/mol. The van der Waals surface area contributed by atoms with Gasteiger partial charge in [-0.05, 0) is 39.3 Å². The van der Waals surface area contributed by atoms with Gasteiger partial charge in [-0.25, -0.2) is 4.79 Å². The zero-order valence-electron chi connectivity index (χ0n) is 12.2. The van der Waals surface area contributed by atoms with E-state index in [2.05, 4.69) is 12.2 Å². The Morgan fingerprint density at radius 3 is 2.95 bits per heavy atom. The van der Waals surface area contributed by atoms with Crippen molar-refractivity contribution in [3.63, 3.8) is 0 Å².